The number of nitrogens with zero attached hydrogens (tertiary/aromatic N) is 1. The third-order valence-corrected chi connectivity index (χ3v) is 2.65. The third kappa shape index (κ3) is 3.63. The molecule has 0 saturated carbocycles. The van der Waals surface area contributed by atoms with Crippen molar-refractivity contribution in [3.63, 3.8) is 0 Å². The Morgan fingerprint density at radius 2 is 2.15 bits per heavy atom. The van der Waals surface area contributed by atoms with Crippen molar-refractivity contribution in [3.05, 3.63) is 0 Å². The van der Waals surface area contributed by atoms with E-state index in [0.717, 1.165) is 26.2 Å². The molecule has 1 saturated heterocycles. The molecule has 0 N–H and O–H groups in total. The molecule has 0 aromatic carbocycles. The van der Waals surface area contributed by atoms with Gasteiger partial charge in [-0.05, 0) is 25.8 Å². The second-order valence-electron chi connectivity index (χ2n) is 3.63. The zero-order chi connectivity index (χ0) is 9.52. The first-order chi connectivity index (χ1) is 6.38. The Bertz CT molecular complexity index is 130. The lowest BCUT2D eigenvalue weighted by Crippen LogP contribution is -2.34. The predicted octanol–water partition coefficient (Wildman–Crippen LogP) is 1.13. The van der Waals surface area contributed by atoms with Gasteiger partial charge >= 0.3 is 0 Å². The summed E-state index contributed by atoms with van der Waals surface area (Å²) in [4.78, 5) is 2.52. The molecule has 1 fully saturated rings. The summed E-state index contributed by atoms with van der Waals surface area (Å²) in [7, 11) is 3.54. The summed E-state index contributed by atoms with van der Waals surface area (Å²) in [6.07, 6.45) is 3.75. The van der Waals surface area contributed by atoms with Crippen molar-refractivity contribution in [2.45, 2.75) is 25.3 Å². The van der Waals surface area contributed by atoms with E-state index < -0.39 is 0 Å². The zero-order valence-corrected chi connectivity index (χ0v) is 8.79. The number of methoxy groups -OCH3 is 2. The van der Waals surface area contributed by atoms with Crippen LogP contribution in [-0.4, -0.2) is 51.5 Å². The van der Waals surface area contributed by atoms with E-state index in [1.54, 1.807) is 14.2 Å². The Morgan fingerprint density at radius 1 is 1.31 bits per heavy atom. The van der Waals surface area contributed by atoms with Gasteiger partial charge in [0.25, 0.3) is 0 Å². The monoisotopic (exact) mass is 187 g/mol. The summed E-state index contributed by atoms with van der Waals surface area (Å²) in [5.41, 5.74) is 0. The molecule has 0 aliphatic carbocycles. The first-order valence-corrected chi connectivity index (χ1v) is 5.10. The Balaban J connectivity index is 2.15. The van der Waals surface area contributed by atoms with Crippen molar-refractivity contribution in [2.75, 3.05) is 40.5 Å². The average Bonchev–Trinajstić information content (AvgIpc) is 2.54. The fourth-order valence-corrected chi connectivity index (χ4v) is 1.98. The first-order valence-electron chi connectivity index (χ1n) is 5.10. The fraction of sp³-hybridized carbons (Fsp3) is 1.00. The maximum atomic E-state index is 5.19. The van der Waals surface area contributed by atoms with E-state index in [4.69, 9.17) is 9.47 Å². The number of rotatable bonds is 6. The molecule has 0 aromatic rings. The van der Waals surface area contributed by atoms with Crippen molar-refractivity contribution >= 4 is 0 Å². The highest BCUT2D eigenvalue weighted by Gasteiger charge is 2.23. The van der Waals surface area contributed by atoms with Gasteiger partial charge in [0.1, 0.15) is 0 Å². The van der Waals surface area contributed by atoms with E-state index in [2.05, 4.69) is 4.90 Å². The van der Waals surface area contributed by atoms with Crippen LogP contribution >= 0.6 is 0 Å². The Labute approximate surface area is 81.0 Å². The molecular weight excluding hydrogens is 166 g/mol. The molecule has 1 atom stereocenters. The fourth-order valence-electron chi connectivity index (χ4n) is 1.98. The zero-order valence-electron chi connectivity index (χ0n) is 8.79. The molecule has 0 radical (unpaired) electrons. The van der Waals surface area contributed by atoms with Crippen LogP contribution in [0.1, 0.15) is 19.3 Å². The molecule has 0 spiro atoms. The van der Waals surface area contributed by atoms with Crippen molar-refractivity contribution in [1.82, 2.24) is 4.90 Å². The normalized spacial score (nSPS) is 24.0. The predicted molar refractivity (Wildman–Crippen MR) is 53.0 cm³/mol. The molecule has 1 aliphatic heterocycles. The molecule has 0 bridgehead atoms. The molecule has 0 amide bonds. The second kappa shape index (κ2) is 6.35. The van der Waals surface area contributed by atoms with Gasteiger partial charge in [0.15, 0.2) is 0 Å². The van der Waals surface area contributed by atoms with Crippen LogP contribution in [0, 0.1) is 0 Å². The topological polar surface area (TPSA) is 21.7 Å². The molecule has 0 aromatic heterocycles. The number of likely N-dealkylation sites (tertiary alicyclic amines) is 1. The Hall–Kier alpha value is -0.120. The number of ether oxygens (including phenoxy) is 2. The van der Waals surface area contributed by atoms with E-state index in [1.165, 1.54) is 19.4 Å². The largest absolute Gasteiger partial charge is 0.385 e. The van der Waals surface area contributed by atoms with Gasteiger partial charge in [0.2, 0.25) is 0 Å². The first kappa shape index (κ1) is 11.0. The lowest BCUT2D eigenvalue weighted by atomic mass is 10.2. The molecule has 3 nitrogen and oxygen atoms in total. The van der Waals surface area contributed by atoms with E-state index in [-0.39, 0.29) is 0 Å². The highest BCUT2D eigenvalue weighted by Crippen LogP contribution is 2.17. The van der Waals surface area contributed by atoms with Crippen LogP contribution in [0.15, 0.2) is 0 Å². The van der Waals surface area contributed by atoms with Crippen LogP contribution in [0.5, 0.6) is 0 Å². The van der Waals surface area contributed by atoms with Crippen LogP contribution in [0.2, 0.25) is 0 Å². The van der Waals surface area contributed by atoms with E-state index in [0.29, 0.717) is 6.04 Å². The highest BCUT2D eigenvalue weighted by atomic mass is 16.5. The Kier molecular flexibility index (Phi) is 5.35. The summed E-state index contributed by atoms with van der Waals surface area (Å²) in [5.74, 6) is 0. The maximum absolute atomic E-state index is 5.19. The minimum atomic E-state index is 0.654. The summed E-state index contributed by atoms with van der Waals surface area (Å²) in [5, 5.41) is 0. The maximum Gasteiger partial charge on any atom is 0.0618 e. The van der Waals surface area contributed by atoms with Gasteiger partial charge in [-0.15, -0.1) is 0 Å². The van der Waals surface area contributed by atoms with E-state index in [9.17, 15) is 0 Å². The van der Waals surface area contributed by atoms with Crippen LogP contribution in [0.4, 0.5) is 0 Å². The molecule has 13 heavy (non-hydrogen) atoms. The molecule has 1 heterocycles. The van der Waals surface area contributed by atoms with Gasteiger partial charge in [0, 0.05) is 33.4 Å². The SMILES string of the molecule is COCCCN1CCCC1COC. The van der Waals surface area contributed by atoms with Crippen LogP contribution in [0.3, 0.4) is 0 Å². The summed E-state index contributed by atoms with van der Waals surface area (Å²) >= 11 is 0. The van der Waals surface area contributed by atoms with Crippen molar-refractivity contribution < 1.29 is 9.47 Å². The van der Waals surface area contributed by atoms with Gasteiger partial charge in [0.05, 0.1) is 6.61 Å². The van der Waals surface area contributed by atoms with E-state index >= 15 is 0 Å². The number of hydrogen-bond acceptors (Lipinski definition) is 3. The molecular formula is C10H21NO2. The second-order valence-corrected chi connectivity index (χ2v) is 3.63. The van der Waals surface area contributed by atoms with E-state index in [1.807, 2.05) is 0 Å². The molecule has 3 heteroatoms. The van der Waals surface area contributed by atoms with Crippen molar-refractivity contribution in [3.8, 4) is 0 Å². The number of hydrogen-bond donors (Lipinski definition) is 0. The molecule has 1 aliphatic rings. The highest BCUT2D eigenvalue weighted by molar-refractivity contribution is 4.78. The van der Waals surface area contributed by atoms with Crippen molar-refractivity contribution in [2.24, 2.45) is 0 Å². The van der Waals surface area contributed by atoms with Gasteiger partial charge in [-0.25, -0.2) is 0 Å². The summed E-state index contributed by atoms with van der Waals surface area (Å²) in [6.45, 7) is 4.14. The Morgan fingerprint density at radius 3 is 2.85 bits per heavy atom. The summed E-state index contributed by atoms with van der Waals surface area (Å²) in [6, 6.07) is 0.654. The minimum Gasteiger partial charge on any atom is -0.385 e. The minimum absolute atomic E-state index is 0.654. The van der Waals surface area contributed by atoms with Gasteiger partial charge in [-0.1, -0.05) is 0 Å². The standard InChI is InChI=1S/C10H21NO2/c1-12-8-4-7-11-6-3-5-10(11)9-13-2/h10H,3-9H2,1-2H3. The quantitative estimate of drug-likeness (QED) is 0.582. The van der Waals surface area contributed by atoms with Gasteiger partial charge in [-0.2, -0.15) is 0 Å². The van der Waals surface area contributed by atoms with Crippen molar-refractivity contribution in [1.29, 1.82) is 0 Å². The molecule has 78 valence electrons. The average molecular weight is 187 g/mol. The van der Waals surface area contributed by atoms with Gasteiger partial charge in [-0.3, -0.25) is 4.90 Å². The van der Waals surface area contributed by atoms with Crippen LogP contribution < -0.4 is 0 Å². The van der Waals surface area contributed by atoms with Gasteiger partial charge < -0.3 is 9.47 Å². The third-order valence-electron chi connectivity index (χ3n) is 2.65. The molecule has 1 rings (SSSR count). The lowest BCUT2D eigenvalue weighted by Gasteiger charge is -2.23. The smallest absolute Gasteiger partial charge is 0.0618 e. The van der Waals surface area contributed by atoms with Crippen LogP contribution in [0.25, 0.3) is 0 Å². The molecule has 1 unspecified atom stereocenters. The van der Waals surface area contributed by atoms with Crippen LogP contribution in [-0.2, 0) is 9.47 Å². The summed E-state index contributed by atoms with van der Waals surface area (Å²) < 4.78 is 10.2. The lowest BCUT2D eigenvalue weighted by molar-refractivity contribution is 0.106.